The minimum atomic E-state index is 0.485. The Bertz CT molecular complexity index is 695. The van der Waals surface area contributed by atoms with Crippen molar-refractivity contribution in [2.45, 2.75) is 6.54 Å². The minimum absolute atomic E-state index is 0.485. The van der Waals surface area contributed by atoms with Gasteiger partial charge < -0.3 is 10.5 Å². The van der Waals surface area contributed by atoms with Gasteiger partial charge in [0, 0.05) is 6.54 Å². The second-order valence-electron chi connectivity index (χ2n) is 4.15. The molecule has 0 radical (unpaired) electrons. The Morgan fingerprint density at radius 2 is 1.68 bits per heavy atom. The van der Waals surface area contributed by atoms with E-state index in [1.54, 1.807) is 6.20 Å². The van der Waals surface area contributed by atoms with Crippen LogP contribution in [0.2, 0.25) is 0 Å². The van der Waals surface area contributed by atoms with E-state index in [0.717, 1.165) is 22.3 Å². The molecule has 1 heterocycles. The lowest BCUT2D eigenvalue weighted by Gasteiger charge is -2.05. The number of nitrogens with two attached hydrogens (primary N) is 1. The summed E-state index contributed by atoms with van der Waals surface area (Å²) in [7, 11) is 0. The first kappa shape index (κ1) is 11.6. The van der Waals surface area contributed by atoms with Gasteiger partial charge in [0.25, 0.3) is 0 Å². The van der Waals surface area contributed by atoms with Crippen LogP contribution in [0, 0.1) is 0 Å². The van der Waals surface area contributed by atoms with Gasteiger partial charge in [0.15, 0.2) is 0 Å². The highest BCUT2D eigenvalue weighted by molar-refractivity contribution is 5.74. The smallest absolute Gasteiger partial charge is 0.238 e. The van der Waals surface area contributed by atoms with Crippen molar-refractivity contribution in [3.8, 4) is 11.6 Å². The summed E-state index contributed by atoms with van der Waals surface area (Å²) in [5, 5.41) is 0. The van der Waals surface area contributed by atoms with Crippen molar-refractivity contribution in [1.82, 2.24) is 9.97 Å². The Hall–Kier alpha value is -2.46. The highest BCUT2D eigenvalue weighted by Gasteiger charge is 2.01. The van der Waals surface area contributed by atoms with Crippen LogP contribution in [-0.2, 0) is 6.54 Å². The number of hydrogen-bond donors (Lipinski definition) is 1. The lowest BCUT2D eigenvalue weighted by Crippen LogP contribution is -1.96. The van der Waals surface area contributed by atoms with E-state index in [0.29, 0.717) is 12.4 Å². The maximum atomic E-state index is 5.67. The van der Waals surface area contributed by atoms with E-state index < -0.39 is 0 Å². The SMILES string of the molecule is NCc1ccc(Oc2cnc3ccccc3n2)cc1. The maximum Gasteiger partial charge on any atom is 0.238 e. The molecule has 0 aliphatic heterocycles. The number of para-hydroxylation sites is 2. The van der Waals surface area contributed by atoms with Crippen LogP contribution in [0.1, 0.15) is 5.56 Å². The molecule has 0 spiro atoms. The van der Waals surface area contributed by atoms with Crippen LogP contribution in [0.25, 0.3) is 11.0 Å². The normalized spacial score (nSPS) is 10.6. The Morgan fingerprint density at radius 1 is 0.947 bits per heavy atom. The van der Waals surface area contributed by atoms with E-state index in [-0.39, 0.29) is 0 Å². The average Bonchev–Trinajstić information content (AvgIpc) is 2.48. The first-order valence-electron chi connectivity index (χ1n) is 6.04. The van der Waals surface area contributed by atoms with Gasteiger partial charge in [-0.2, -0.15) is 0 Å². The fraction of sp³-hybridized carbons (Fsp3) is 0.0667. The third-order valence-electron chi connectivity index (χ3n) is 2.81. The Morgan fingerprint density at radius 3 is 2.42 bits per heavy atom. The standard InChI is InChI=1S/C15H13N3O/c16-9-11-5-7-12(8-6-11)19-15-10-17-13-3-1-2-4-14(13)18-15/h1-8,10H,9,16H2. The summed E-state index contributed by atoms with van der Waals surface area (Å²) in [6.45, 7) is 0.524. The molecular weight excluding hydrogens is 238 g/mol. The van der Waals surface area contributed by atoms with Gasteiger partial charge in [-0.15, -0.1) is 0 Å². The second kappa shape index (κ2) is 5.04. The molecule has 0 aliphatic carbocycles. The van der Waals surface area contributed by atoms with Crippen LogP contribution in [0.15, 0.2) is 54.7 Å². The molecule has 2 aromatic carbocycles. The number of nitrogens with zero attached hydrogens (tertiary/aromatic N) is 2. The molecular formula is C15H13N3O. The van der Waals surface area contributed by atoms with E-state index in [2.05, 4.69) is 9.97 Å². The highest BCUT2D eigenvalue weighted by Crippen LogP contribution is 2.21. The van der Waals surface area contributed by atoms with Crippen molar-refractivity contribution in [1.29, 1.82) is 0 Å². The predicted octanol–water partition coefficient (Wildman–Crippen LogP) is 2.88. The average molecular weight is 251 g/mol. The molecule has 4 heteroatoms. The number of benzene rings is 2. The number of ether oxygens (including phenoxy) is 1. The van der Waals surface area contributed by atoms with Gasteiger partial charge in [0.1, 0.15) is 5.75 Å². The quantitative estimate of drug-likeness (QED) is 0.777. The molecule has 0 bridgehead atoms. The summed E-state index contributed by atoms with van der Waals surface area (Å²) in [5.74, 6) is 1.21. The molecule has 1 aromatic heterocycles. The zero-order chi connectivity index (χ0) is 13.1. The molecule has 19 heavy (non-hydrogen) atoms. The molecule has 0 amide bonds. The third-order valence-corrected chi connectivity index (χ3v) is 2.81. The van der Waals surface area contributed by atoms with Gasteiger partial charge in [-0.3, -0.25) is 0 Å². The molecule has 0 atom stereocenters. The molecule has 94 valence electrons. The van der Waals surface area contributed by atoms with Gasteiger partial charge in [-0.25, -0.2) is 9.97 Å². The molecule has 0 saturated heterocycles. The summed E-state index contributed by atoms with van der Waals surface area (Å²) in [5.41, 5.74) is 8.29. The maximum absolute atomic E-state index is 5.67. The summed E-state index contributed by atoms with van der Waals surface area (Å²) < 4.78 is 5.67. The highest BCUT2D eigenvalue weighted by atomic mass is 16.5. The van der Waals surface area contributed by atoms with E-state index in [1.165, 1.54) is 0 Å². The van der Waals surface area contributed by atoms with E-state index >= 15 is 0 Å². The Kier molecular flexibility index (Phi) is 3.08. The summed E-state index contributed by atoms with van der Waals surface area (Å²) in [6.07, 6.45) is 1.62. The summed E-state index contributed by atoms with van der Waals surface area (Å²) in [4.78, 5) is 8.71. The van der Waals surface area contributed by atoms with Crippen molar-refractivity contribution >= 4 is 11.0 Å². The third kappa shape index (κ3) is 2.53. The molecule has 3 aromatic rings. The van der Waals surface area contributed by atoms with Crippen LogP contribution >= 0.6 is 0 Å². The van der Waals surface area contributed by atoms with Crippen LogP contribution in [0.4, 0.5) is 0 Å². The van der Waals surface area contributed by atoms with Gasteiger partial charge >= 0.3 is 0 Å². The molecule has 0 fully saturated rings. The lowest BCUT2D eigenvalue weighted by molar-refractivity contribution is 0.462. The van der Waals surface area contributed by atoms with Crippen molar-refractivity contribution < 1.29 is 4.74 Å². The largest absolute Gasteiger partial charge is 0.437 e. The second-order valence-corrected chi connectivity index (χ2v) is 4.15. The molecule has 3 rings (SSSR count). The van der Waals surface area contributed by atoms with Crippen LogP contribution < -0.4 is 10.5 Å². The van der Waals surface area contributed by atoms with Gasteiger partial charge in [-0.1, -0.05) is 24.3 Å². The van der Waals surface area contributed by atoms with Crippen molar-refractivity contribution in [3.05, 3.63) is 60.3 Å². The van der Waals surface area contributed by atoms with Gasteiger partial charge in [0.05, 0.1) is 17.2 Å². The van der Waals surface area contributed by atoms with Crippen LogP contribution in [0.3, 0.4) is 0 Å². The molecule has 2 N–H and O–H groups in total. The first-order chi connectivity index (χ1) is 9.35. The minimum Gasteiger partial charge on any atom is -0.437 e. The van der Waals surface area contributed by atoms with E-state index in [1.807, 2.05) is 48.5 Å². The number of aromatic nitrogens is 2. The molecule has 0 aliphatic rings. The van der Waals surface area contributed by atoms with Gasteiger partial charge in [-0.05, 0) is 29.8 Å². The fourth-order valence-corrected chi connectivity index (χ4v) is 1.80. The van der Waals surface area contributed by atoms with Crippen molar-refractivity contribution in [3.63, 3.8) is 0 Å². The van der Waals surface area contributed by atoms with E-state index in [9.17, 15) is 0 Å². The lowest BCUT2D eigenvalue weighted by atomic mass is 10.2. The van der Waals surface area contributed by atoms with Crippen molar-refractivity contribution in [2.24, 2.45) is 5.73 Å². The summed E-state index contributed by atoms with van der Waals surface area (Å²) >= 11 is 0. The zero-order valence-electron chi connectivity index (χ0n) is 10.3. The Labute approximate surface area is 110 Å². The zero-order valence-corrected chi connectivity index (χ0v) is 10.3. The number of fused-ring (bicyclic) bond motifs is 1. The summed E-state index contributed by atoms with van der Waals surface area (Å²) in [6, 6.07) is 15.3. The topological polar surface area (TPSA) is 61.0 Å². The van der Waals surface area contributed by atoms with Crippen molar-refractivity contribution in [2.75, 3.05) is 0 Å². The van der Waals surface area contributed by atoms with E-state index in [4.69, 9.17) is 10.5 Å². The monoisotopic (exact) mass is 251 g/mol. The number of rotatable bonds is 3. The molecule has 0 unspecified atom stereocenters. The molecule has 0 saturated carbocycles. The Balaban J connectivity index is 1.87. The van der Waals surface area contributed by atoms with Crippen LogP contribution in [-0.4, -0.2) is 9.97 Å². The number of hydrogen-bond acceptors (Lipinski definition) is 4. The van der Waals surface area contributed by atoms with Gasteiger partial charge in [0.2, 0.25) is 5.88 Å². The fourth-order valence-electron chi connectivity index (χ4n) is 1.80. The predicted molar refractivity (Wildman–Crippen MR) is 73.9 cm³/mol. The first-order valence-corrected chi connectivity index (χ1v) is 6.04. The van der Waals surface area contributed by atoms with Crippen LogP contribution in [0.5, 0.6) is 11.6 Å². The molecule has 4 nitrogen and oxygen atoms in total.